The van der Waals surface area contributed by atoms with Crippen molar-refractivity contribution in [2.75, 3.05) is 7.05 Å². The van der Waals surface area contributed by atoms with Gasteiger partial charge in [-0.2, -0.15) is 0 Å². The van der Waals surface area contributed by atoms with Crippen LogP contribution in [-0.4, -0.2) is 13.2 Å². The van der Waals surface area contributed by atoms with E-state index in [0.29, 0.717) is 12.1 Å². The smallest absolute Gasteiger partial charge is 0.119 e. The average Bonchev–Trinajstić information content (AvgIpc) is 3.31. The Morgan fingerprint density at radius 1 is 1.20 bits per heavy atom. The van der Waals surface area contributed by atoms with E-state index in [1.165, 1.54) is 44.1 Å². The van der Waals surface area contributed by atoms with E-state index in [2.05, 4.69) is 42.7 Å². The number of hydrogen-bond donors (Lipinski definition) is 1. The van der Waals surface area contributed by atoms with E-state index in [1.54, 1.807) is 5.57 Å². The summed E-state index contributed by atoms with van der Waals surface area (Å²) in [5.74, 6) is 1.02. The highest BCUT2D eigenvalue weighted by Gasteiger charge is 2.23. The number of hydrogen-bond acceptors (Lipinski definition) is 2. The molecule has 1 aromatic rings. The minimum atomic E-state index is 0.425. The fraction of sp³-hybridized carbons (Fsp3) is 0.556. The van der Waals surface area contributed by atoms with Gasteiger partial charge in [0, 0.05) is 6.04 Å². The molecule has 1 unspecified atom stereocenters. The second kappa shape index (κ2) is 6.45. The molecule has 0 aliphatic heterocycles. The molecule has 1 aromatic carbocycles. The average molecular weight is 271 g/mol. The Morgan fingerprint density at radius 3 is 2.60 bits per heavy atom. The van der Waals surface area contributed by atoms with E-state index >= 15 is 0 Å². The van der Waals surface area contributed by atoms with Crippen molar-refractivity contribution in [1.82, 2.24) is 5.32 Å². The van der Waals surface area contributed by atoms with Gasteiger partial charge >= 0.3 is 0 Å². The zero-order valence-corrected chi connectivity index (χ0v) is 12.4. The Labute approximate surface area is 122 Å². The maximum absolute atomic E-state index is 5.81. The molecule has 1 saturated carbocycles. The fourth-order valence-electron chi connectivity index (χ4n) is 2.90. The van der Waals surface area contributed by atoms with Gasteiger partial charge in [-0.3, -0.25) is 0 Å². The van der Waals surface area contributed by atoms with Gasteiger partial charge in [-0.05, 0) is 69.7 Å². The van der Waals surface area contributed by atoms with Gasteiger partial charge in [0.1, 0.15) is 5.75 Å². The largest absolute Gasteiger partial charge is 0.490 e. The van der Waals surface area contributed by atoms with Crippen LogP contribution in [-0.2, 0) is 0 Å². The molecule has 2 nitrogen and oxygen atoms in total. The maximum Gasteiger partial charge on any atom is 0.119 e. The van der Waals surface area contributed by atoms with Gasteiger partial charge in [-0.25, -0.2) is 0 Å². The zero-order valence-electron chi connectivity index (χ0n) is 12.4. The van der Waals surface area contributed by atoms with Crippen molar-refractivity contribution in [3.8, 4) is 5.75 Å². The van der Waals surface area contributed by atoms with Crippen LogP contribution in [0.3, 0.4) is 0 Å². The van der Waals surface area contributed by atoms with Crippen LogP contribution >= 0.6 is 0 Å². The van der Waals surface area contributed by atoms with E-state index in [-0.39, 0.29) is 0 Å². The Morgan fingerprint density at radius 2 is 2.00 bits per heavy atom. The van der Waals surface area contributed by atoms with E-state index in [0.717, 1.165) is 12.2 Å². The van der Waals surface area contributed by atoms with Gasteiger partial charge in [-0.1, -0.05) is 23.8 Å². The highest BCUT2D eigenvalue weighted by Crippen LogP contribution is 2.30. The van der Waals surface area contributed by atoms with Crippen LogP contribution < -0.4 is 10.1 Å². The lowest BCUT2D eigenvalue weighted by atomic mass is 9.91. The summed E-state index contributed by atoms with van der Waals surface area (Å²) in [6, 6.07) is 9.08. The lowest BCUT2D eigenvalue weighted by molar-refractivity contribution is 0.303. The highest BCUT2D eigenvalue weighted by atomic mass is 16.5. The number of rotatable bonds is 6. The maximum atomic E-state index is 5.81. The molecular formula is C18H25NO. The first-order valence-electron chi connectivity index (χ1n) is 7.97. The molecule has 0 spiro atoms. The van der Waals surface area contributed by atoms with Gasteiger partial charge < -0.3 is 10.1 Å². The molecule has 1 N–H and O–H groups in total. The van der Waals surface area contributed by atoms with Crippen molar-refractivity contribution in [3.63, 3.8) is 0 Å². The second-order valence-corrected chi connectivity index (χ2v) is 6.04. The quantitative estimate of drug-likeness (QED) is 0.775. The standard InChI is InChI=1S/C18H25NO/c1-19-18(13-14-5-3-2-4-6-14)15-7-9-16(10-8-15)20-17-11-12-17/h5,7-10,17-19H,2-4,6,11-13H2,1H3. The first-order valence-corrected chi connectivity index (χ1v) is 7.97. The summed E-state index contributed by atoms with van der Waals surface area (Å²) in [4.78, 5) is 0. The molecule has 2 aliphatic carbocycles. The fourth-order valence-corrected chi connectivity index (χ4v) is 2.90. The molecule has 2 heteroatoms. The predicted octanol–water partition coefficient (Wildman–Crippen LogP) is 4.38. The van der Waals surface area contributed by atoms with Crippen molar-refractivity contribution in [1.29, 1.82) is 0 Å². The summed E-state index contributed by atoms with van der Waals surface area (Å²) in [6.07, 6.45) is 11.8. The van der Waals surface area contributed by atoms with Crippen LogP contribution in [0, 0.1) is 0 Å². The van der Waals surface area contributed by atoms with Crippen molar-refractivity contribution < 1.29 is 4.74 Å². The molecule has 20 heavy (non-hydrogen) atoms. The minimum absolute atomic E-state index is 0.425. The summed E-state index contributed by atoms with van der Waals surface area (Å²) in [5, 5.41) is 3.46. The Bertz CT molecular complexity index is 459. The van der Waals surface area contributed by atoms with Crippen molar-refractivity contribution in [2.24, 2.45) is 0 Å². The summed E-state index contributed by atoms with van der Waals surface area (Å²) in [7, 11) is 2.06. The lowest BCUT2D eigenvalue weighted by Gasteiger charge is -2.21. The molecule has 0 aromatic heterocycles. The van der Waals surface area contributed by atoms with Gasteiger partial charge in [0.15, 0.2) is 0 Å². The Hall–Kier alpha value is -1.28. The molecule has 0 amide bonds. The van der Waals surface area contributed by atoms with Gasteiger partial charge in [0.2, 0.25) is 0 Å². The molecule has 0 radical (unpaired) electrons. The second-order valence-electron chi connectivity index (χ2n) is 6.04. The Balaban J connectivity index is 1.63. The van der Waals surface area contributed by atoms with E-state index in [1.807, 2.05) is 0 Å². The van der Waals surface area contributed by atoms with Crippen molar-refractivity contribution in [2.45, 2.75) is 57.1 Å². The summed E-state index contributed by atoms with van der Waals surface area (Å²) < 4.78 is 5.81. The molecule has 0 heterocycles. The topological polar surface area (TPSA) is 21.3 Å². The zero-order chi connectivity index (χ0) is 13.8. The normalized spacial score (nSPS) is 20.4. The number of nitrogens with one attached hydrogen (secondary N) is 1. The molecule has 108 valence electrons. The first-order chi connectivity index (χ1) is 9.85. The van der Waals surface area contributed by atoms with E-state index in [9.17, 15) is 0 Å². The first kappa shape index (κ1) is 13.7. The molecule has 3 rings (SSSR count). The summed E-state index contributed by atoms with van der Waals surface area (Å²) in [5.41, 5.74) is 2.98. The predicted molar refractivity (Wildman–Crippen MR) is 83.1 cm³/mol. The van der Waals surface area contributed by atoms with Crippen LogP contribution in [0.4, 0.5) is 0 Å². The number of allylic oxidation sites excluding steroid dienone is 1. The monoisotopic (exact) mass is 271 g/mol. The molecule has 0 bridgehead atoms. The van der Waals surface area contributed by atoms with Crippen LogP contribution in [0.2, 0.25) is 0 Å². The summed E-state index contributed by atoms with van der Waals surface area (Å²) >= 11 is 0. The van der Waals surface area contributed by atoms with Gasteiger partial charge in [0.05, 0.1) is 6.10 Å². The van der Waals surface area contributed by atoms with Crippen LogP contribution in [0.1, 0.15) is 56.6 Å². The van der Waals surface area contributed by atoms with Crippen LogP contribution in [0.25, 0.3) is 0 Å². The molecule has 1 atom stereocenters. The molecule has 1 fully saturated rings. The van der Waals surface area contributed by atoms with E-state index < -0.39 is 0 Å². The third-order valence-electron chi connectivity index (χ3n) is 4.31. The number of ether oxygens (including phenoxy) is 1. The third kappa shape index (κ3) is 3.63. The lowest BCUT2D eigenvalue weighted by Crippen LogP contribution is -2.17. The Kier molecular flexibility index (Phi) is 4.41. The van der Waals surface area contributed by atoms with Gasteiger partial charge in [0.25, 0.3) is 0 Å². The highest BCUT2D eigenvalue weighted by molar-refractivity contribution is 5.30. The number of benzene rings is 1. The molecule has 0 saturated heterocycles. The molecule has 2 aliphatic rings. The van der Waals surface area contributed by atoms with E-state index in [4.69, 9.17) is 4.74 Å². The minimum Gasteiger partial charge on any atom is -0.490 e. The summed E-state index contributed by atoms with van der Waals surface area (Å²) in [6.45, 7) is 0. The molecular weight excluding hydrogens is 246 g/mol. The van der Waals surface area contributed by atoms with Gasteiger partial charge in [-0.15, -0.1) is 0 Å². The SMILES string of the molecule is CNC(CC1=CCCCC1)c1ccc(OC2CC2)cc1. The van der Waals surface area contributed by atoms with Crippen LogP contribution in [0.15, 0.2) is 35.9 Å². The van der Waals surface area contributed by atoms with Crippen LogP contribution in [0.5, 0.6) is 5.75 Å². The van der Waals surface area contributed by atoms with Crippen molar-refractivity contribution >= 4 is 0 Å². The van der Waals surface area contributed by atoms with Crippen molar-refractivity contribution in [3.05, 3.63) is 41.5 Å². The third-order valence-corrected chi connectivity index (χ3v) is 4.31.